The van der Waals surface area contributed by atoms with Crippen molar-refractivity contribution in [1.29, 1.82) is 0 Å². The van der Waals surface area contributed by atoms with Gasteiger partial charge in [-0.15, -0.1) is 0 Å². The molecule has 1 N–H and O–H groups in total. The van der Waals surface area contributed by atoms with Crippen LogP contribution in [-0.2, 0) is 15.8 Å². The lowest BCUT2D eigenvalue weighted by molar-refractivity contribution is -0.137. The van der Waals surface area contributed by atoms with Crippen molar-refractivity contribution in [2.45, 2.75) is 13.1 Å². The van der Waals surface area contributed by atoms with Gasteiger partial charge in [0.15, 0.2) is 11.5 Å². The third-order valence-electron chi connectivity index (χ3n) is 3.83. The van der Waals surface area contributed by atoms with Crippen molar-refractivity contribution in [2.24, 2.45) is 0 Å². The second-order valence-corrected chi connectivity index (χ2v) is 5.77. The van der Waals surface area contributed by atoms with E-state index in [9.17, 15) is 22.8 Å². The van der Waals surface area contributed by atoms with Gasteiger partial charge in [0.25, 0.3) is 0 Å². The highest BCUT2D eigenvalue weighted by molar-refractivity contribution is 6.02. The number of hydrogen-bond acceptors (Lipinski definition) is 4. The third kappa shape index (κ3) is 5.15. The molecule has 6 nitrogen and oxygen atoms in total. The van der Waals surface area contributed by atoms with Crippen molar-refractivity contribution in [1.82, 2.24) is 0 Å². The van der Waals surface area contributed by atoms with Crippen LogP contribution in [0.2, 0.25) is 0 Å². The van der Waals surface area contributed by atoms with Crippen molar-refractivity contribution >= 4 is 23.2 Å². The Kier molecular flexibility index (Phi) is 6.50. The second-order valence-electron chi connectivity index (χ2n) is 5.77. The Morgan fingerprint density at radius 2 is 1.71 bits per heavy atom. The molecule has 28 heavy (non-hydrogen) atoms. The number of carbonyl (C=O) groups is 2. The summed E-state index contributed by atoms with van der Waals surface area (Å²) < 4.78 is 48.7. The normalized spacial score (nSPS) is 10.9. The molecule has 9 heteroatoms. The molecule has 150 valence electrons. The average molecular weight is 396 g/mol. The number of ether oxygens (including phenoxy) is 2. The molecule has 0 radical (unpaired) electrons. The Morgan fingerprint density at radius 1 is 1.04 bits per heavy atom. The van der Waals surface area contributed by atoms with Crippen LogP contribution in [0.25, 0.3) is 0 Å². The molecule has 0 saturated heterocycles. The van der Waals surface area contributed by atoms with Gasteiger partial charge in [0.1, 0.15) is 6.54 Å². The Labute approximate surface area is 159 Å². The maximum Gasteiger partial charge on any atom is 0.416 e. The molecule has 2 aromatic carbocycles. The van der Waals surface area contributed by atoms with E-state index in [1.807, 2.05) is 0 Å². The number of alkyl halides is 3. The zero-order valence-corrected chi connectivity index (χ0v) is 15.5. The molecule has 0 fully saturated rings. The summed E-state index contributed by atoms with van der Waals surface area (Å²) in [5.41, 5.74) is -0.520. The molecule has 0 aliphatic rings. The van der Waals surface area contributed by atoms with Gasteiger partial charge in [-0.2, -0.15) is 13.2 Å². The average Bonchev–Trinajstić information content (AvgIpc) is 2.64. The van der Waals surface area contributed by atoms with Crippen LogP contribution in [0.3, 0.4) is 0 Å². The number of amides is 2. The number of rotatable bonds is 6. The lowest BCUT2D eigenvalue weighted by atomic mass is 10.2. The molecule has 0 saturated carbocycles. The summed E-state index contributed by atoms with van der Waals surface area (Å²) in [6.45, 7) is 0.884. The van der Waals surface area contributed by atoms with Crippen LogP contribution in [0.15, 0.2) is 42.5 Å². The quantitative estimate of drug-likeness (QED) is 0.808. The molecule has 0 aliphatic carbocycles. The first-order valence-corrected chi connectivity index (χ1v) is 8.13. The molecule has 2 amide bonds. The zero-order chi connectivity index (χ0) is 20.9. The van der Waals surface area contributed by atoms with Crippen LogP contribution in [0.4, 0.5) is 24.5 Å². The van der Waals surface area contributed by atoms with E-state index in [1.165, 1.54) is 44.2 Å². The van der Waals surface area contributed by atoms with Crippen molar-refractivity contribution in [3.63, 3.8) is 0 Å². The standard InChI is InChI=1S/C19H19F3N2O4/c1-12(25)24(15-7-8-16(27-2)17(10-15)28-3)11-18(26)23-14-6-4-5-13(9-14)19(20,21)22/h4-10H,11H2,1-3H3,(H,23,26). The number of anilines is 2. The molecule has 0 aliphatic heterocycles. The zero-order valence-electron chi connectivity index (χ0n) is 15.5. The monoisotopic (exact) mass is 396 g/mol. The Morgan fingerprint density at radius 3 is 2.29 bits per heavy atom. The number of nitrogens with zero attached hydrogens (tertiary/aromatic N) is 1. The fourth-order valence-corrected chi connectivity index (χ4v) is 2.49. The molecular formula is C19H19F3N2O4. The first kappa shape index (κ1) is 21.1. The van der Waals surface area contributed by atoms with Crippen molar-refractivity contribution in [3.8, 4) is 11.5 Å². The van der Waals surface area contributed by atoms with Crippen LogP contribution < -0.4 is 19.7 Å². The minimum atomic E-state index is -4.52. The highest BCUT2D eigenvalue weighted by atomic mass is 19.4. The second kappa shape index (κ2) is 8.64. The van der Waals surface area contributed by atoms with Crippen molar-refractivity contribution < 1.29 is 32.2 Å². The molecular weight excluding hydrogens is 377 g/mol. The van der Waals surface area contributed by atoms with Gasteiger partial charge in [0, 0.05) is 24.4 Å². The molecule has 0 spiro atoms. The molecule has 0 atom stereocenters. The number of halogens is 3. The summed E-state index contributed by atoms with van der Waals surface area (Å²) in [4.78, 5) is 25.5. The molecule has 0 unspecified atom stereocenters. The number of benzene rings is 2. The van der Waals surface area contributed by atoms with Crippen LogP contribution in [0, 0.1) is 0 Å². The van der Waals surface area contributed by atoms with E-state index in [2.05, 4.69) is 5.32 Å². The smallest absolute Gasteiger partial charge is 0.416 e. The van der Waals surface area contributed by atoms with Crippen molar-refractivity contribution in [3.05, 3.63) is 48.0 Å². The van der Waals surface area contributed by atoms with E-state index in [4.69, 9.17) is 9.47 Å². The van der Waals surface area contributed by atoms with E-state index in [1.54, 1.807) is 12.1 Å². The van der Waals surface area contributed by atoms with Gasteiger partial charge in [-0.25, -0.2) is 0 Å². The molecule has 0 aromatic heterocycles. The summed E-state index contributed by atoms with van der Waals surface area (Å²) in [7, 11) is 2.89. The van der Waals surface area contributed by atoms with Gasteiger partial charge in [0.05, 0.1) is 19.8 Å². The van der Waals surface area contributed by atoms with Crippen LogP contribution >= 0.6 is 0 Å². The Hall–Kier alpha value is -3.23. The number of carbonyl (C=O) groups excluding carboxylic acids is 2. The predicted octanol–water partition coefficient (Wildman–Crippen LogP) is 3.71. The largest absolute Gasteiger partial charge is 0.493 e. The van der Waals surface area contributed by atoms with Gasteiger partial charge in [0.2, 0.25) is 11.8 Å². The lowest BCUT2D eigenvalue weighted by Crippen LogP contribution is -2.36. The maximum atomic E-state index is 12.8. The predicted molar refractivity (Wildman–Crippen MR) is 97.6 cm³/mol. The summed E-state index contributed by atoms with van der Waals surface area (Å²) in [6, 6.07) is 8.93. The van der Waals surface area contributed by atoms with Crippen LogP contribution in [-0.4, -0.2) is 32.6 Å². The SMILES string of the molecule is COc1ccc(N(CC(=O)Nc2cccc(C(F)(F)F)c2)C(C)=O)cc1OC. The van der Waals surface area contributed by atoms with E-state index >= 15 is 0 Å². The van der Waals surface area contributed by atoms with Crippen LogP contribution in [0.5, 0.6) is 11.5 Å². The number of methoxy groups -OCH3 is 2. The van der Waals surface area contributed by atoms with E-state index in [0.717, 1.165) is 12.1 Å². The third-order valence-corrected chi connectivity index (χ3v) is 3.83. The molecule has 2 rings (SSSR count). The first-order valence-electron chi connectivity index (χ1n) is 8.13. The number of hydrogen-bond donors (Lipinski definition) is 1. The summed E-state index contributed by atoms with van der Waals surface area (Å²) >= 11 is 0. The lowest BCUT2D eigenvalue weighted by Gasteiger charge is -2.22. The summed E-state index contributed by atoms with van der Waals surface area (Å²) in [5, 5.41) is 2.37. The van der Waals surface area contributed by atoms with E-state index in [0.29, 0.717) is 17.2 Å². The highest BCUT2D eigenvalue weighted by Gasteiger charge is 2.30. The van der Waals surface area contributed by atoms with Gasteiger partial charge >= 0.3 is 6.18 Å². The highest BCUT2D eigenvalue weighted by Crippen LogP contribution is 2.32. The minimum Gasteiger partial charge on any atom is -0.493 e. The summed E-state index contributed by atoms with van der Waals surface area (Å²) in [6.07, 6.45) is -4.52. The Balaban J connectivity index is 2.19. The van der Waals surface area contributed by atoms with Gasteiger partial charge in [-0.1, -0.05) is 6.07 Å². The van der Waals surface area contributed by atoms with Crippen LogP contribution in [0.1, 0.15) is 12.5 Å². The minimum absolute atomic E-state index is 0.0179. The molecule has 0 bridgehead atoms. The number of nitrogens with one attached hydrogen (secondary N) is 1. The fraction of sp³-hybridized carbons (Fsp3) is 0.263. The van der Waals surface area contributed by atoms with E-state index in [-0.39, 0.29) is 12.2 Å². The topological polar surface area (TPSA) is 67.9 Å². The van der Waals surface area contributed by atoms with Gasteiger partial charge < -0.3 is 19.7 Å². The Bertz CT molecular complexity index is 868. The first-order chi connectivity index (χ1) is 13.2. The molecule has 0 heterocycles. The fourth-order valence-electron chi connectivity index (χ4n) is 2.49. The maximum absolute atomic E-state index is 12.8. The van der Waals surface area contributed by atoms with E-state index < -0.39 is 23.6 Å². The molecule has 2 aromatic rings. The van der Waals surface area contributed by atoms with Gasteiger partial charge in [-0.3, -0.25) is 9.59 Å². The van der Waals surface area contributed by atoms with Gasteiger partial charge in [-0.05, 0) is 30.3 Å². The summed E-state index contributed by atoms with van der Waals surface area (Å²) in [5.74, 6) is -0.261. The van der Waals surface area contributed by atoms with Crippen molar-refractivity contribution in [2.75, 3.05) is 31.0 Å².